The number of halogens is 1. The largest absolute Gasteiger partial charge is 1.00 e. The van der Waals surface area contributed by atoms with Crippen LogP contribution < -0.4 is 21.5 Å². The molecule has 5 heteroatoms. The van der Waals surface area contributed by atoms with Crippen LogP contribution in [0.25, 0.3) is 22.6 Å². The molecule has 0 atom stereocenters. The highest BCUT2D eigenvalue weighted by Crippen LogP contribution is 2.30. The van der Waals surface area contributed by atoms with Gasteiger partial charge in [0.25, 0.3) is 5.82 Å². The van der Waals surface area contributed by atoms with Crippen molar-refractivity contribution in [2.24, 2.45) is 0 Å². The van der Waals surface area contributed by atoms with E-state index < -0.39 is 5.97 Å². The molecule has 1 aliphatic rings. The SMILES string of the molecule is O=C(O)c1ccccc1-n1c(-c2ccccc2)c[n+]2c1CCc1ccccc1-2.[Br-]. The van der Waals surface area contributed by atoms with Gasteiger partial charge in [-0.3, -0.25) is 0 Å². The number of para-hydroxylation sites is 2. The van der Waals surface area contributed by atoms with Crippen molar-refractivity contribution in [3.05, 3.63) is 102 Å². The van der Waals surface area contributed by atoms with Crippen molar-refractivity contribution >= 4 is 5.97 Å². The normalized spacial score (nSPS) is 11.9. The highest BCUT2D eigenvalue weighted by molar-refractivity contribution is 5.92. The zero-order valence-corrected chi connectivity index (χ0v) is 17.2. The summed E-state index contributed by atoms with van der Waals surface area (Å²) in [5.41, 5.74) is 5.51. The van der Waals surface area contributed by atoms with Crippen LogP contribution in [-0.4, -0.2) is 15.6 Å². The minimum atomic E-state index is -0.918. The molecule has 5 rings (SSSR count). The minimum absolute atomic E-state index is 0. The Balaban J connectivity index is 0.00000205. The second-order valence-electron chi connectivity index (χ2n) is 6.95. The lowest BCUT2D eigenvalue weighted by Gasteiger charge is -2.14. The van der Waals surface area contributed by atoms with Crippen molar-refractivity contribution in [3.63, 3.8) is 0 Å². The number of carboxylic acids is 1. The van der Waals surface area contributed by atoms with E-state index in [1.807, 2.05) is 36.4 Å². The van der Waals surface area contributed by atoms with Crippen molar-refractivity contribution in [1.29, 1.82) is 0 Å². The van der Waals surface area contributed by atoms with Crippen LogP contribution in [0, 0.1) is 0 Å². The summed E-state index contributed by atoms with van der Waals surface area (Å²) in [6.45, 7) is 0. The summed E-state index contributed by atoms with van der Waals surface area (Å²) in [6, 6.07) is 25.8. The third-order valence-corrected chi connectivity index (χ3v) is 5.34. The van der Waals surface area contributed by atoms with Gasteiger partial charge in [0.1, 0.15) is 23.1 Å². The van der Waals surface area contributed by atoms with Crippen LogP contribution >= 0.6 is 0 Å². The van der Waals surface area contributed by atoms with Gasteiger partial charge in [0.2, 0.25) is 0 Å². The standard InChI is InChI=1S/C24H18N2O2.BrH/c27-24(28)19-11-5-7-13-21(19)26-22(17-8-2-1-3-9-17)16-25-20-12-6-4-10-18(20)14-15-23(25)26;/h1-13,16H,14-15H2;1H. The number of aromatic carboxylic acids is 1. The van der Waals surface area contributed by atoms with Crippen LogP contribution in [0.4, 0.5) is 0 Å². The van der Waals surface area contributed by atoms with Gasteiger partial charge in [-0.2, -0.15) is 9.13 Å². The van der Waals surface area contributed by atoms with Crippen LogP contribution in [0.2, 0.25) is 0 Å². The number of carboxylic acid groups (broad SMARTS) is 1. The number of carbonyl (C=O) groups is 1. The first-order chi connectivity index (χ1) is 13.7. The highest BCUT2D eigenvalue weighted by Gasteiger charge is 2.32. The van der Waals surface area contributed by atoms with E-state index in [0.717, 1.165) is 35.6 Å². The highest BCUT2D eigenvalue weighted by atomic mass is 79.9. The maximum absolute atomic E-state index is 11.9. The van der Waals surface area contributed by atoms with Crippen molar-refractivity contribution < 1.29 is 31.4 Å². The molecular formula is C24H19BrN2O2. The Labute approximate surface area is 179 Å². The Morgan fingerprint density at radius 2 is 1.55 bits per heavy atom. The molecule has 4 aromatic rings. The van der Waals surface area contributed by atoms with Crippen LogP contribution in [0.15, 0.2) is 85.1 Å². The summed E-state index contributed by atoms with van der Waals surface area (Å²) in [4.78, 5) is 11.9. The average molecular weight is 447 g/mol. The third-order valence-electron chi connectivity index (χ3n) is 5.34. The third kappa shape index (κ3) is 3.17. The van der Waals surface area contributed by atoms with Gasteiger partial charge >= 0.3 is 5.97 Å². The fraction of sp³-hybridized carbons (Fsp3) is 0.0833. The summed E-state index contributed by atoms with van der Waals surface area (Å²) in [7, 11) is 0. The number of benzene rings is 3. The van der Waals surface area contributed by atoms with Crippen molar-refractivity contribution in [3.8, 4) is 22.6 Å². The van der Waals surface area contributed by atoms with E-state index in [1.54, 1.807) is 12.1 Å². The molecule has 2 heterocycles. The smallest absolute Gasteiger partial charge is 0.340 e. The predicted molar refractivity (Wildman–Crippen MR) is 107 cm³/mol. The van der Waals surface area contributed by atoms with Gasteiger partial charge in [-0.25, -0.2) is 4.79 Å². The van der Waals surface area contributed by atoms with Gasteiger partial charge in [0, 0.05) is 5.56 Å². The number of hydrogen-bond donors (Lipinski definition) is 1. The van der Waals surface area contributed by atoms with Gasteiger partial charge in [0.15, 0.2) is 5.69 Å². The average Bonchev–Trinajstić information content (AvgIpc) is 3.14. The van der Waals surface area contributed by atoms with Crippen LogP contribution in [-0.2, 0) is 12.8 Å². The predicted octanol–water partition coefficient (Wildman–Crippen LogP) is 1.22. The van der Waals surface area contributed by atoms with Gasteiger partial charge in [-0.1, -0.05) is 60.7 Å². The zero-order valence-electron chi connectivity index (χ0n) is 15.6. The van der Waals surface area contributed by atoms with E-state index in [4.69, 9.17) is 0 Å². The van der Waals surface area contributed by atoms with E-state index in [9.17, 15) is 9.90 Å². The summed E-state index contributed by atoms with van der Waals surface area (Å²) in [5, 5.41) is 9.77. The minimum Gasteiger partial charge on any atom is -1.00 e. The Morgan fingerprint density at radius 3 is 2.34 bits per heavy atom. The Bertz CT molecular complexity index is 1200. The summed E-state index contributed by atoms with van der Waals surface area (Å²) in [5.74, 6) is 0.171. The Morgan fingerprint density at radius 1 is 0.862 bits per heavy atom. The maximum atomic E-state index is 11.9. The number of aromatic nitrogens is 2. The number of hydrogen-bond acceptors (Lipinski definition) is 1. The van der Waals surface area contributed by atoms with Crippen molar-refractivity contribution in [2.75, 3.05) is 0 Å². The number of imidazole rings is 1. The molecule has 0 unspecified atom stereocenters. The second-order valence-corrected chi connectivity index (χ2v) is 6.95. The number of fused-ring (bicyclic) bond motifs is 3. The molecule has 29 heavy (non-hydrogen) atoms. The molecule has 0 saturated carbocycles. The Hall–Kier alpha value is -3.18. The fourth-order valence-electron chi connectivity index (χ4n) is 4.08. The molecule has 0 bridgehead atoms. The molecule has 144 valence electrons. The lowest BCUT2D eigenvalue weighted by atomic mass is 10.0. The number of rotatable bonds is 3. The van der Waals surface area contributed by atoms with Gasteiger partial charge in [0.05, 0.1) is 6.42 Å². The quantitative estimate of drug-likeness (QED) is 0.481. The number of nitrogens with zero attached hydrogens (tertiary/aromatic N) is 2. The second kappa shape index (κ2) is 7.68. The topological polar surface area (TPSA) is 46.1 Å². The van der Waals surface area contributed by atoms with Crippen molar-refractivity contribution in [1.82, 2.24) is 4.57 Å². The Kier molecular flexibility index (Phi) is 5.07. The molecule has 0 fully saturated rings. The first kappa shape index (κ1) is 19.2. The van der Waals surface area contributed by atoms with E-state index >= 15 is 0 Å². The molecule has 0 aliphatic carbocycles. The molecule has 1 N–H and O–H groups in total. The molecule has 1 aliphatic heterocycles. The van der Waals surface area contributed by atoms with Gasteiger partial charge < -0.3 is 22.1 Å². The molecule has 0 spiro atoms. The summed E-state index contributed by atoms with van der Waals surface area (Å²) < 4.78 is 4.31. The maximum Gasteiger partial charge on any atom is 0.340 e. The molecule has 0 radical (unpaired) electrons. The van der Waals surface area contributed by atoms with E-state index in [-0.39, 0.29) is 17.0 Å². The van der Waals surface area contributed by atoms with Crippen molar-refractivity contribution in [2.45, 2.75) is 12.8 Å². The summed E-state index contributed by atoms with van der Waals surface area (Å²) >= 11 is 0. The van der Waals surface area contributed by atoms with Crippen LogP contribution in [0.5, 0.6) is 0 Å². The molecule has 0 amide bonds. The first-order valence-electron chi connectivity index (χ1n) is 9.37. The molecule has 4 nitrogen and oxygen atoms in total. The van der Waals surface area contributed by atoms with E-state index in [0.29, 0.717) is 11.3 Å². The number of aryl methyl sites for hydroxylation is 1. The van der Waals surface area contributed by atoms with Crippen LogP contribution in [0.3, 0.4) is 0 Å². The lowest BCUT2D eigenvalue weighted by Crippen LogP contribution is -3.00. The van der Waals surface area contributed by atoms with Gasteiger partial charge in [-0.05, 0) is 30.2 Å². The molecule has 3 aromatic carbocycles. The molecule has 1 aromatic heterocycles. The zero-order chi connectivity index (χ0) is 19.1. The molecule has 0 saturated heterocycles. The fourth-order valence-corrected chi connectivity index (χ4v) is 4.08. The monoisotopic (exact) mass is 446 g/mol. The van der Waals surface area contributed by atoms with Gasteiger partial charge in [-0.15, -0.1) is 0 Å². The lowest BCUT2D eigenvalue weighted by molar-refractivity contribution is -0.606. The van der Waals surface area contributed by atoms with E-state index in [1.165, 1.54) is 5.56 Å². The first-order valence-corrected chi connectivity index (χ1v) is 9.37. The summed E-state index contributed by atoms with van der Waals surface area (Å²) in [6.07, 6.45) is 3.91. The van der Waals surface area contributed by atoms with Crippen LogP contribution in [0.1, 0.15) is 21.7 Å². The van der Waals surface area contributed by atoms with E-state index in [2.05, 4.69) is 45.7 Å². The molecular weight excluding hydrogens is 428 g/mol.